The summed E-state index contributed by atoms with van der Waals surface area (Å²) in [6.07, 6.45) is 2.62. The molecule has 0 aromatic heterocycles. The number of hydrogen-bond acceptors (Lipinski definition) is 4. The lowest BCUT2D eigenvalue weighted by molar-refractivity contribution is -0.149. The van der Waals surface area contributed by atoms with Gasteiger partial charge in [0, 0.05) is 6.42 Å². The van der Waals surface area contributed by atoms with Crippen LogP contribution in [0.4, 0.5) is 4.79 Å². The quantitative estimate of drug-likeness (QED) is 0.805. The van der Waals surface area contributed by atoms with Crippen LogP contribution in [0.15, 0.2) is 0 Å². The van der Waals surface area contributed by atoms with Gasteiger partial charge in [-0.3, -0.25) is 4.90 Å². The highest BCUT2D eigenvalue weighted by Gasteiger charge is 2.57. The molecule has 22 heavy (non-hydrogen) atoms. The van der Waals surface area contributed by atoms with Crippen LogP contribution in [-0.2, 0) is 14.3 Å². The number of amides is 1. The van der Waals surface area contributed by atoms with Crippen molar-refractivity contribution in [2.75, 3.05) is 6.61 Å². The second-order valence-electron chi connectivity index (χ2n) is 8.16. The van der Waals surface area contributed by atoms with Gasteiger partial charge in [-0.1, -0.05) is 13.8 Å². The number of hydrogen-bond donors (Lipinski definition) is 1. The topological polar surface area (TPSA) is 76.1 Å². The molecule has 1 amide bonds. The van der Waals surface area contributed by atoms with Crippen molar-refractivity contribution in [3.63, 3.8) is 0 Å². The van der Waals surface area contributed by atoms with Gasteiger partial charge in [0.05, 0.1) is 6.61 Å². The van der Waals surface area contributed by atoms with Crippen LogP contribution < -0.4 is 0 Å². The van der Waals surface area contributed by atoms with Crippen molar-refractivity contribution in [1.29, 1.82) is 0 Å². The molecule has 1 saturated carbocycles. The van der Waals surface area contributed by atoms with Gasteiger partial charge < -0.3 is 14.6 Å². The summed E-state index contributed by atoms with van der Waals surface area (Å²) in [5.74, 6) is -1.05. The van der Waals surface area contributed by atoms with Crippen molar-refractivity contribution >= 4 is 12.1 Å². The summed E-state index contributed by atoms with van der Waals surface area (Å²) in [6.45, 7) is 9.58. The lowest BCUT2D eigenvalue weighted by Crippen LogP contribution is -2.57. The van der Waals surface area contributed by atoms with E-state index in [0.717, 1.165) is 12.8 Å². The van der Waals surface area contributed by atoms with Crippen LogP contribution in [0.2, 0.25) is 0 Å². The second-order valence-corrected chi connectivity index (χ2v) is 8.16. The van der Waals surface area contributed by atoms with Gasteiger partial charge in [-0.05, 0) is 45.4 Å². The van der Waals surface area contributed by atoms with E-state index in [0.29, 0.717) is 12.8 Å². The Balaban J connectivity index is 2.32. The number of carboxylic acid groups (broad SMARTS) is 1. The molecule has 1 spiro atoms. The normalized spacial score (nSPS) is 31.3. The molecular weight excluding hydrogens is 286 g/mol. The summed E-state index contributed by atoms with van der Waals surface area (Å²) in [7, 11) is 0. The van der Waals surface area contributed by atoms with Crippen molar-refractivity contribution < 1.29 is 24.2 Å². The Labute approximate surface area is 131 Å². The maximum Gasteiger partial charge on any atom is 0.413 e. The van der Waals surface area contributed by atoms with Crippen LogP contribution in [0.25, 0.3) is 0 Å². The Morgan fingerprint density at radius 3 is 2.41 bits per heavy atom. The monoisotopic (exact) mass is 313 g/mol. The van der Waals surface area contributed by atoms with E-state index in [9.17, 15) is 14.7 Å². The predicted octanol–water partition coefficient (Wildman–Crippen LogP) is 3.00. The average molecular weight is 313 g/mol. The van der Waals surface area contributed by atoms with E-state index in [1.54, 1.807) is 20.8 Å². The maximum absolute atomic E-state index is 12.6. The highest BCUT2D eigenvalue weighted by molar-refractivity contribution is 5.81. The zero-order valence-corrected chi connectivity index (χ0v) is 14.1. The lowest BCUT2D eigenvalue weighted by Gasteiger charge is -2.46. The van der Waals surface area contributed by atoms with Gasteiger partial charge in [0.2, 0.25) is 0 Å². The molecule has 126 valence electrons. The minimum absolute atomic E-state index is 0.00586. The molecule has 1 saturated heterocycles. The van der Waals surface area contributed by atoms with E-state index in [-0.39, 0.29) is 12.0 Å². The molecule has 1 N–H and O–H groups in total. The van der Waals surface area contributed by atoms with Crippen LogP contribution in [0.5, 0.6) is 0 Å². The molecule has 0 aromatic carbocycles. The summed E-state index contributed by atoms with van der Waals surface area (Å²) < 4.78 is 11.3. The largest absolute Gasteiger partial charge is 0.480 e. The molecule has 1 aliphatic carbocycles. The van der Waals surface area contributed by atoms with Crippen molar-refractivity contribution in [1.82, 2.24) is 4.90 Å². The maximum atomic E-state index is 12.6. The molecule has 0 radical (unpaired) electrons. The molecule has 2 rings (SSSR count). The van der Waals surface area contributed by atoms with Gasteiger partial charge in [-0.25, -0.2) is 9.59 Å². The van der Waals surface area contributed by atoms with Crippen molar-refractivity contribution in [3.8, 4) is 0 Å². The molecule has 0 bridgehead atoms. The van der Waals surface area contributed by atoms with Crippen molar-refractivity contribution in [2.24, 2.45) is 5.41 Å². The van der Waals surface area contributed by atoms with Crippen molar-refractivity contribution in [3.05, 3.63) is 0 Å². The Morgan fingerprint density at radius 2 is 1.91 bits per heavy atom. The van der Waals surface area contributed by atoms with Gasteiger partial charge in [-0.2, -0.15) is 0 Å². The number of nitrogens with zero attached hydrogens (tertiary/aromatic N) is 1. The van der Waals surface area contributed by atoms with Crippen LogP contribution in [0, 0.1) is 5.41 Å². The zero-order chi connectivity index (χ0) is 16.8. The third-order valence-electron chi connectivity index (χ3n) is 4.31. The minimum atomic E-state index is -1.05. The molecule has 2 fully saturated rings. The van der Waals surface area contributed by atoms with Crippen LogP contribution in [0.1, 0.15) is 60.3 Å². The van der Waals surface area contributed by atoms with Gasteiger partial charge in [0.25, 0.3) is 0 Å². The van der Waals surface area contributed by atoms with Gasteiger partial charge >= 0.3 is 12.1 Å². The number of aliphatic carboxylic acids is 1. The van der Waals surface area contributed by atoms with E-state index < -0.39 is 29.4 Å². The Bertz CT molecular complexity index is 468. The smallest absolute Gasteiger partial charge is 0.413 e. The van der Waals surface area contributed by atoms with E-state index >= 15 is 0 Å². The summed E-state index contributed by atoms with van der Waals surface area (Å²) in [4.78, 5) is 25.5. The van der Waals surface area contributed by atoms with Gasteiger partial charge in [0.15, 0.2) is 6.04 Å². The first-order valence-electron chi connectivity index (χ1n) is 7.85. The number of carbonyl (C=O) groups excluding carboxylic acids is 1. The number of carbonyl (C=O) groups is 2. The zero-order valence-electron chi connectivity index (χ0n) is 14.1. The fraction of sp³-hybridized carbons (Fsp3) is 0.875. The molecule has 2 aliphatic rings. The standard InChI is InChI=1S/C16H27NO5/c1-14(2,3)22-13(20)17-11(12(18)19)9-21-16(17)8-6-7-15(4,5)10-16/h11H,6-10H2,1-5H3,(H,18,19). The predicted molar refractivity (Wildman–Crippen MR) is 80.4 cm³/mol. The number of carboxylic acids is 1. The highest BCUT2D eigenvalue weighted by atomic mass is 16.6. The van der Waals surface area contributed by atoms with Gasteiger partial charge in [-0.15, -0.1) is 0 Å². The van der Waals surface area contributed by atoms with E-state index in [1.165, 1.54) is 4.90 Å². The van der Waals surface area contributed by atoms with E-state index in [4.69, 9.17) is 9.47 Å². The molecule has 1 heterocycles. The van der Waals surface area contributed by atoms with Crippen molar-refractivity contribution in [2.45, 2.75) is 77.7 Å². The summed E-state index contributed by atoms with van der Waals surface area (Å²) in [5, 5.41) is 9.45. The third-order valence-corrected chi connectivity index (χ3v) is 4.31. The van der Waals surface area contributed by atoms with E-state index in [1.807, 2.05) is 0 Å². The second kappa shape index (κ2) is 5.41. The first-order valence-corrected chi connectivity index (χ1v) is 7.85. The molecule has 2 atom stereocenters. The highest BCUT2D eigenvalue weighted by Crippen LogP contribution is 2.48. The first-order chi connectivity index (χ1) is 9.96. The van der Waals surface area contributed by atoms with Gasteiger partial charge in [0.1, 0.15) is 11.3 Å². The molecule has 6 heteroatoms. The molecule has 1 aliphatic heterocycles. The fourth-order valence-electron chi connectivity index (χ4n) is 3.55. The molecule has 0 aromatic rings. The average Bonchev–Trinajstić information content (AvgIpc) is 2.64. The molecule has 2 unspecified atom stereocenters. The molecular formula is C16H27NO5. The fourth-order valence-corrected chi connectivity index (χ4v) is 3.55. The van der Waals surface area contributed by atoms with Crippen LogP contribution >= 0.6 is 0 Å². The Morgan fingerprint density at radius 1 is 1.27 bits per heavy atom. The first kappa shape index (κ1) is 17.1. The van der Waals surface area contributed by atoms with Crippen LogP contribution in [0.3, 0.4) is 0 Å². The minimum Gasteiger partial charge on any atom is -0.480 e. The summed E-state index contributed by atoms with van der Waals surface area (Å²) in [6, 6.07) is -0.983. The van der Waals surface area contributed by atoms with Crippen LogP contribution in [-0.4, -0.2) is 46.0 Å². The summed E-state index contributed by atoms with van der Waals surface area (Å²) in [5.41, 5.74) is -1.52. The SMILES string of the molecule is CC1(C)CCCC2(C1)OCC(C(=O)O)N2C(=O)OC(C)(C)C. The summed E-state index contributed by atoms with van der Waals surface area (Å²) >= 11 is 0. The lowest BCUT2D eigenvalue weighted by atomic mass is 9.72. The molecule has 6 nitrogen and oxygen atoms in total. The Hall–Kier alpha value is -1.30. The number of rotatable bonds is 1. The Kier molecular flexibility index (Phi) is 4.19. The van der Waals surface area contributed by atoms with E-state index in [2.05, 4.69) is 13.8 Å². The third kappa shape index (κ3) is 3.37. The number of ether oxygens (including phenoxy) is 2.